The molecule has 0 aliphatic rings. The van der Waals surface area contributed by atoms with Crippen LogP contribution in [0.2, 0.25) is 0 Å². The van der Waals surface area contributed by atoms with Gasteiger partial charge in [-0.25, -0.2) is 0 Å². The number of ketones is 1. The predicted octanol–water partition coefficient (Wildman–Crippen LogP) is 2.75. The van der Waals surface area contributed by atoms with E-state index in [0.717, 1.165) is 5.56 Å². The molecule has 0 radical (unpaired) electrons. The highest BCUT2D eigenvalue weighted by atomic mass is 31.2. The van der Waals surface area contributed by atoms with E-state index >= 15 is 0 Å². The zero-order valence-corrected chi connectivity index (χ0v) is 17.5. The molecule has 29 heavy (non-hydrogen) atoms. The molecule has 8 heteroatoms. The number of hydrogen-bond acceptors (Lipinski definition) is 5. The molecular formula is C21H29N2O5P. The molecule has 2 unspecified atom stereocenters. The van der Waals surface area contributed by atoms with Crippen LogP contribution in [0, 0.1) is 5.92 Å². The van der Waals surface area contributed by atoms with Crippen molar-refractivity contribution < 1.29 is 23.9 Å². The van der Waals surface area contributed by atoms with Crippen molar-refractivity contribution in [1.29, 1.82) is 0 Å². The molecule has 0 aliphatic heterocycles. The fraction of sp³-hybridized carbons (Fsp3) is 0.381. The number of rotatable bonds is 10. The zero-order chi connectivity index (χ0) is 21.6. The van der Waals surface area contributed by atoms with E-state index in [0.29, 0.717) is 24.3 Å². The Morgan fingerprint density at radius 3 is 2.14 bits per heavy atom. The Morgan fingerprint density at radius 1 is 1.03 bits per heavy atom. The minimum Gasteiger partial charge on any atom is -0.489 e. The summed E-state index contributed by atoms with van der Waals surface area (Å²) in [6, 6.07) is 15.3. The molecule has 6 N–H and O–H groups in total. The molecule has 7 nitrogen and oxygen atoms in total. The molecule has 158 valence electrons. The van der Waals surface area contributed by atoms with Crippen molar-refractivity contribution in [2.75, 3.05) is 0 Å². The van der Waals surface area contributed by atoms with Gasteiger partial charge in [0.25, 0.3) is 0 Å². The first kappa shape index (κ1) is 23.3. The van der Waals surface area contributed by atoms with Gasteiger partial charge < -0.3 is 26.0 Å². The van der Waals surface area contributed by atoms with Crippen LogP contribution in [0.5, 0.6) is 5.75 Å². The van der Waals surface area contributed by atoms with Crippen molar-refractivity contribution in [3.63, 3.8) is 0 Å². The molecule has 0 bridgehead atoms. The number of ether oxygens (including phenoxy) is 1. The third-order valence-electron chi connectivity index (χ3n) is 4.61. The summed E-state index contributed by atoms with van der Waals surface area (Å²) in [7, 11) is -4.70. The molecule has 0 saturated heterocycles. The number of benzene rings is 2. The van der Waals surface area contributed by atoms with Crippen LogP contribution in [0.25, 0.3) is 0 Å². The van der Waals surface area contributed by atoms with E-state index in [1.807, 2.05) is 44.2 Å². The SMILES string of the molecule is CC(C)C[C@H](N)C(=O)C(c1ccc(OCc2ccccc2)cc1)C(N)P(=O)(O)O. The second-order valence-corrected chi connectivity index (χ2v) is 9.31. The van der Waals surface area contributed by atoms with Gasteiger partial charge in [0.1, 0.15) is 18.1 Å². The number of carbonyl (C=O) groups is 1. The highest BCUT2D eigenvalue weighted by Crippen LogP contribution is 2.45. The predicted molar refractivity (Wildman–Crippen MR) is 112 cm³/mol. The standard InChI is InChI=1S/C21H29N2O5P/c1-14(2)12-18(22)20(24)19(21(23)29(25,26)27)16-8-10-17(11-9-16)28-13-15-6-4-3-5-7-15/h3-11,14,18-19,21H,12-13,22-23H2,1-2H3,(H2,25,26,27)/t18-,19?,21?/m0/s1. The molecule has 0 heterocycles. The number of Topliss-reactive ketones (excluding diaryl/α,β-unsaturated/α-hetero) is 1. The van der Waals surface area contributed by atoms with Gasteiger partial charge in [0.05, 0.1) is 12.0 Å². The summed E-state index contributed by atoms with van der Waals surface area (Å²) in [5.41, 5.74) is 13.2. The Morgan fingerprint density at radius 2 is 1.62 bits per heavy atom. The summed E-state index contributed by atoms with van der Waals surface area (Å²) >= 11 is 0. The largest absolute Gasteiger partial charge is 0.489 e. The average Bonchev–Trinajstić information content (AvgIpc) is 2.67. The second-order valence-electron chi connectivity index (χ2n) is 7.54. The van der Waals surface area contributed by atoms with Gasteiger partial charge in [-0.1, -0.05) is 56.3 Å². The summed E-state index contributed by atoms with van der Waals surface area (Å²) in [6.45, 7) is 4.22. The van der Waals surface area contributed by atoms with Crippen LogP contribution in [0.3, 0.4) is 0 Å². The lowest BCUT2D eigenvalue weighted by Gasteiger charge is -2.27. The van der Waals surface area contributed by atoms with Gasteiger partial charge in [0, 0.05) is 0 Å². The Kier molecular flexibility index (Phi) is 8.14. The van der Waals surface area contributed by atoms with E-state index in [1.54, 1.807) is 24.3 Å². The fourth-order valence-corrected chi connectivity index (χ4v) is 3.80. The quantitative estimate of drug-likeness (QED) is 0.434. The van der Waals surface area contributed by atoms with Crippen LogP contribution in [-0.2, 0) is 16.0 Å². The van der Waals surface area contributed by atoms with E-state index in [-0.39, 0.29) is 5.92 Å². The van der Waals surface area contributed by atoms with Gasteiger partial charge in [-0.15, -0.1) is 0 Å². The molecule has 3 atom stereocenters. The van der Waals surface area contributed by atoms with Crippen molar-refractivity contribution in [2.45, 2.75) is 44.6 Å². The van der Waals surface area contributed by atoms with Crippen LogP contribution in [0.1, 0.15) is 37.3 Å². The van der Waals surface area contributed by atoms with Crippen LogP contribution < -0.4 is 16.2 Å². The van der Waals surface area contributed by atoms with Crippen molar-refractivity contribution in [3.05, 3.63) is 65.7 Å². The van der Waals surface area contributed by atoms with Gasteiger partial charge in [-0.05, 0) is 35.6 Å². The highest BCUT2D eigenvalue weighted by Gasteiger charge is 2.40. The smallest absolute Gasteiger partial charge is 0.343 e. The molecule has 0 saturated carbocycles. The molecule has 0 amide bonds. The van der Waals surface area contributed by atoms with Crippen molar-refractivity contribution in [1.82, 2.24) is 0 Å². The minimum absolute atomic E-state index is 0.162. The number of hydrogen-bond donors (Lipinski definition) is 4. The lowest BCUT2D eigenvalue weighted by molar-refractivity contribution is -0.122. The number of nitrogens with two attached hydrogens (primary N) is 2. The summed E-state index contributed by atoms with van der Waals surface area (Å²) in [5.74, 6) is -2.61. The lowest BCUT2D eigenvalue weighted by atomic mass is 9.87. The van der Waals surface area contributed by atoms with Gasteiger partial charge in [0.2, 0.25) is 0 Å². The first-order chi connectivity index (χ1) is 13.6. The van der Waals surface area contributed by atoms with Gasteiger partial charge in [0.15, 0.2) is 5.78 Å². The van der Waals surface area contributed by atoms with Crippen molar-refractivity contribution in [2.24, 2.45) is 17.4 Å². The maximum atomic E-state index is 12.9. The molecular weight excluding hydrogens is 391 g/mol. The van der Waals surface area contributed by atoms with E-state index in [9.17, 15) is 19.1 Å². The molecule has 0 spiro atoms. The lowest BCUT2D eigenvalue weighted by Crippen LogP contribution is -2.42. The maximum Gasteiger partial charge on any atom is 0.343 e. The Hall–Kier alpha value is -2.02. The Balaban J connectivity index is 2.21. The summed E-state index contributed by atoms with van der Waals surface area (Å²) in [4.78, 5) is 32.0. The Labute approximate surface area is 171 Å². The van der Waals surface area contributed by atoms with Crippen molar-refractivity contribution >= 4 is 13.4 Å². The first-order valence-corrected chi connectivity index (χ1v) is 11.1. The normalized spacial score (nSPS) is 15.0. The van der Waals surface area contributed by atoms with E-state index in [1.165, 1.54) is 0 Å². The average molecular weight is 420 g/mol. The van der Waals surface area contributed by atoms with Crippen LogP contribution in [0.15, 0.2) is 54.6 Å². The van der Waals surface area contributed by atoms with Crippen molar-refractivity contribution in [3.8, 4) is 5.75 Å². The van der Waals surface area contributed by atoms with Gasteiger partial charge >= 0.3 is 7.60 Å². The second kappa shape index (κ2) is 10.1. The van der Waals surface area contributed by atoms with Crippen LogP contribution in [-0.4, -0.2) is 27.4 Å². The minimum atomic E-state index is -4.70. The highest BCUT2D eigenvalue weighted by molar-refractivity contribution is 7.52. The van der Waals surface area contributed by atoms with Gasteiger partial charge in [-0.2, -0.15) is 0 Å². The molecule has 2 aromatic rings. The third-order valence-corrected chi connectivity index (χ3v) is 5.69. The third kappa shape index (κ3) is 6.77. The summed E-state index contributed by atoms with van der Waals surface area (Å²) in [5, 5.41) is 0. The summed E-state index contributed by atoms with van der Waals surface area (Å²) < 4.78 is 17.5. The van der Waals surface area contributed by atoms with E-state index < -0.39 is 31.1 Å². The molecule has 0 aliphatic carbocycles. The maximum absolute atomic E-state index is 12.9. The van der Waals surface area contributed by atoms with E-state index in [4.69, 9.17) is 16.2 Å². The molecule has 2 rings (SSSR count). The fourth-order valence-electron chi connectivity index (χ4n) is 3.09. The molecule has 0 fully saturated rings. The van der Waals surface area contributed by atoms with E-state index in [2.05, 4.69) is 0 Å². The summed E-state index contributed by atoms with van der Waals surface area (Å²) in [6.07, 6.45) is 0.404. The zero-order valence-electron chi connectivity index (χ0n) is 16.6. The topological polar surface area (TPSA) is 136 Å². The Bertz CT molecular complexity index is 836. The first-order valence-electron chi connectivity index (χ1n) is 9.46. The molecule has 0 aromatic heterocycles. The molecule has 2 aromatic carbocycles. The van der Waals surface area contributed by atoms with Gasteiger partial charge in [-0.3, -0.25) is 9.36 Å². The van der Waals surface area contributed by atoms with Crippen LogP contribution >= 0.6 is 7.60 Å². The monoisotopic (exact) mass is 420 g/mol. The van der Waals surface area contributed by atoms with Crippen LogP contribution in [0.4, 0.5) is 0 Å². The number of carbonyl (C=O) groups excluding carboxylic acids is 1.